The van der Waals surface area contributed by atoms with Crippen LogP contribution in [0.3, 0.4) is 0 Å². The highest BCUT2D eigenvalue weighted by atomic mass is 16.5. The van der Waals surface area contributed by atoms with Crippen LogP contribution < -0.4 is 15.0 Å². The lowest BCUT2D eigenvalue weighted by molar-refractivity contribution is 0.154. The van der Waals surface area contributed by atoms with E-state index in [0.29, 0.717) is 6.54 Å². The predicted molar refractivity (Wildman–Crippen MR) is 97.9 cm³/mol. The van der Waals surface area contributed by atoms with Crippen LogP contribution in [0.25, 0.3) is 0 Å². The molecule has 1 aromatic carbocycles. The van der Waals surface area contributed by atoms with Crippen LogP contribution in [0.2, 0.25) is 0 Å². The van der Waals surface area contributed by atoms with Crippen LogP contribution >= 0.6 is 0 Å². The van der Waals surface area contributed by atoms with Crippen molar-refractivity contribution >= 4 is 5.82 Å². The Morgan fingerprint density at radius 1 is 1.28 bits per heavy atom. The maximum Gasteiger partial charge on any atom is 0.133 e. The summed E-state index contributed by atoms with van der Waals surface area (Å²) in [6.07, 6.45) is 4.50. The summed E-state index contributed by atoms with van der Waals surface area (Å²) in [5.74, 6) is 2.03. The van der Waals surface area contributed by atoms with Crippen molar-refractivity contribution in [3.05, 3.63) is 53.2 Å². The minimum absolute atomic E-state index is 0.245. The molecule has 5 heteroatoms. The number of ether oxygens (including phenoxy) is 1. The Morgan fingerprint density at radius 2 is 2.24 bits per heavy atom. The third-order valence-corrected chi connectivity index (χ3v) is 4.96. The maximum atomic E-state index is 9.94. The Morgan fingerprint density at radius 3 is 3.16 bits per heavy atom. The van der Waals surface area contributed by atoms with Crippen molar-refractivity contribution in [2.24, 2.45) is 0 Å². The maximum absolute atomic E-state index is 9.94. The van der Waals surface area contributed by atoms with Gasteiger partial charge in [0, 0.05) is 44.4 Å². The van der Waals surface area contributed by atoms with Crippen LogP contribution in [0.4, 0.5) is 5.82 Å². The molecular weight excluding hydrogens is 314 g/mol. The lowest BCUT2D eigenvalue weighted by atomic mass is 10.1. The Hall–Kier alpha value is -2.11. The average Bonchev–Trinajstić information content (AvgIpc) is 3.10. The second-order valence-corrected chi connectivity index (χ2v) is 6.87. The van der Waals surface area contributed by atoms with Crippen molar-refractivity contribution in [2.75, 3.05) is 24.6 Å². The number of piperidine rings is 1. The second-order valence-electron chi connectivity index (χ2n) is 6.87. The van der Waals surface area contributed by atoms with Gasteiger partial charge in [-0.15, -0.1) is 0 Å². The van der Waals surface area contributed by atoms with E-state index in [2.05, 4.69) is 39.5 Å². The quantitative estimate of drug-likeness (QED) is 0.875. The van der Waals surface area contributed by atoms with Gasteiger partial charge in [-0.05, 0) is 36.1 Å². The van der Waals surface area contributed by atoms with Crippen molar-refractivity contribution in [1.82, 2.24) is 10.3 Å². The Labute approximate surface area is 148 Å². The summed E-state index contributed by atoms with van der Waals surface area (Å²) in [5, 5.41) is 13.5. The first kappa shape index (κ1) is 16.4. The first-order valence-corrected chi connectivity index (χ1v) is 9.12. The molecule has 2 aromatic rings. The van der Waals surface area contributed by atoms with Crippen LogP contribution in [0, 0.1) is 0 Å². The van der Waals surface area contributed by atoms with Gasteiger partial charge < -0.3 is 20.1 Å². The van der Waals surface area contributed by atoms with Gasteiger partial charge in [-0.1, -0.05) is 18.2 Å². The molecule has 1 fully saturated rings. The highest BCUT2D eigenvalue weighted by Crippen LogP contribution is 2.26. The molecular formula is C20H25N3O2. The molecule has 0 amide bonds. The zero-order valence-electron chi connectivity index (χ0n) is 14.4. The smallest absolute Gasteiger partial charge is 0.133 e. The zero-order chi connectivity index (χ0) is 17.1. The SMILES string of the molecule is OC1CCCN(c2ncccc2CNCc2ccc3c(c2)CCO3)C1. The van der Waals surface area contributed by atoms with Gasteiger partial charge in [0.25, 0.3) is 0 Å². The second kappa shape index (κ2) is 7.42. The molecule has 0 spiro atoms. The molecule has 1 aromatic heterocycles. The molecule has 1 unspecified atom stereocenters. The Bertz CT molecular complexity index is 735. The molecule has 4 rings (SSSR count). The van der Waals surface area contributed by atoms with Crippen molar-refractivity contribution in [3.63, 3.8) is 0 Å². The van der Waals surface area contributed by atoms with Gasteiger partial charge in [0.05, 0.1) is 12.7 Å². The molecule has 2 N–H and O–H groups in total. The van der Waals surface area contributed by atoms with Gasteiger partial charge in [-0.3, -0.25) is 0 Å². The molecule has 0 bridgehead atoms. The molecule has 0 saturated carbocycles. The van der Waals surface area contributed by atoms with E-state index < -0.39 is 0 Å². The van der Waals surface area contributed by atoms with E-state index in [1.54, 1.807) is 0 Å². The number of aromatic nitrogens is 1. The lowest BCUT2D eigenvalue weighted by Gasteiger charge is -2.32. The fourth-order valence-electron chi connectivity index (χ4n) is 3.69. The van der Waals surface area contributed by atoms with Crippen molar-refractivity contribution < 1.29 is 9.84 Å². The summed E-state index contributed by atoms with van der Waals surface area (Å²) >= 11 is 0. The van der Waals surface area contributed by atoms with Crippen LogP contribution in [-0.4, -0.2) is 35.9 Å². The largest absolute Gasteiger partial charge is 0.493 e. The summed E-state index contributed by atoms with van der Waals surface area (Å²) < 4.78 is 5.56. The van der Waals surface area contributed by atoms with E-state index in [0.717, 1.165) is 57.1 Å². The minimum atomic E-state index is -0.245. The molecule has 2 aliphatic rings. The fourth-order valence-corrected chi connectivity index (χ4v) is 3.69. The third kappa shape index (κ3) is 3.78. The molecule has 2 aliphatic heterocycles. The van der Waals surface area contributed by atoms with Crippen LogP contribution in [0.1, 0.15) is 29.5 Å². The number of nitrogens with one attached hydrogen (secondary N) is 1. The zero-order valence-corrected chi connectivity index (χ0v) is 14.4. The number of benzene rings is 1. The molecule has 0 aliphatic carbocycles. The normalized spacial score (nSPS) is 19.6. The highest BCUT2D eigenvalue weighted by Gasteiger charge is 2.20. The summed E-state index contributed by atoms with van der Waals surface area (Å²) in [6, 6.07) is 10.5. The van der Waals surface area contributed by atoms with E-state index in [9.17, 15) is 5.11 Å². The van der Waals surface area contributed by atoms with E-state index in [-0.39, 0.29) is 6.10 Å². The first-order valence-electron chi connectivity index (χ1n) is 9.12. The third-order valence-electron chi connectivity index (χ3n) is 4.96. The van der Waals surface area contributed by atoms with Gasteiger partial charge in [0.1, 0.15) is 11.6 Å². The number of aliphatic hydroxyl groups excluding tert-OH is 1. The fraction of sp³-hybridized carbons (Fsp3) is 0.450. The summed E-state index contributed by atoms with van der Waals surface area (Å²) in [7, 11) is 0. The highest BCUT2D eigenvalue weighted by molar-refractivity contribution is 5.47. The Kier molecular flexibility index (Phi) is 4.85. The number of hydrogen-bond acceptors (Lipinski definition) is 5. The van der Waals surface area contributed by atoms with Crippen molar-refractivity contribution in [1.29, 1.82) is 0 Å². The van der Waals surface area contributed by atoms with Crippen molar-refractivity contribution in [2.45, 2.75) is 38.5 Å². The number of anilines is 1. The van der Waals surface area contributed by atoms with Gasteiger partial charge in [0.2, 0.25) is 0 Å². The van der Waals surface area contributed by atoms with Crippen molar-refractivity contribution in [3.8, 4) is 5.75 Å². The van der Waals surface area contributed by atoms with Crippen LogP contribution in [0.15, 0.2) is 36.5 Å². The number of fused-ring (bicyclic) bond motifs is 1. The van der Waals surface area contributed by atoms with Gasteiger partial charge in [-0.2, -0.15) is 0 Å². The number of aliphatic hydroxyl groups is 1. The van der Waals surface area contributed by atoms with E-state index in [4.69, 9.17) is 4.74 Å². The summed E-state index contributed by atoms with van der Waals surface area (Å²) in [5.41, 5.74) is 3.77. The van der Waals surface area contributed by atoms with E-state index in [1.807, 2.05) is 12.3 Å². The average molecular weight is 339 g/mol. The molecule has 0 radical (unpaired) electrons. The predicted octanol–water partition coefficient (Wildman–Crippen LogP) is 2.27. The number of rotatable bonds is 5. The molecule has 1 atom stereocenters. The lowest BCUT2D eigenvalue weighted by Crippen LogP contribution is -2.39. The topological polar surface area (TPSA) is 57.6 Å². The van der Waals surface area contributed by atoms with E-state index >= 15 is 0 Å². The molecule has 3 heterocycles. The van der Waals surface area contributed by atoms with Crippen LogP contribution in [0.5, 0.6) is 5.75 Å². The van der Waals surface area contributed by atoms with E-state index in [1.165, 1.54) is 16.7 Å². The van der Waals surface area contributed by atoms with Gasteiger partial charge in [0.15, 0.2) is 0 Å². The minimum Gasteiger partial charge on any atom is -0.493 e. The molecule has 132 valence electrons. The Balaban J connectivity index is 1.39. The summed E-state index contributed by atoms with van der Waals surface area (Å²) in [4.78, 5) is 6.77. The number of hydrogen-bond donors (Lipinski definition) is 2. The molecule has 1 saturated heterocycles. The number of β-amino-alcohol motifs (C(OH)–C–C–N with tert-alkyl or cyclic N) is 1. The molecule has 25 heavy (non-hydrogen) atoms. The monoisotopic (exact) mass is 339 g/mol. The van der Waals surface area contributed by atoms with Gasteiger partial charge >= 0.3 is 0 Å². The van der Waals surface area contributed by atoms with Crippen LogP contribution in [-0.2, 0) is 19.5 Å². The summed E-state index contributed by atoms with van der Waals surface area (Å²) in [6.45, 7) is 4.03. The van der Waals surface area contributed by atoms with Gasteiger partial charge in [-0.25, -0.2) is 4.98 Å². The standard InChI is InChI=1S/C20H25N3O2/c24-18-4-2-9-23(14-18)20-17(3-1-8-22-20)13-21-12-15-5-6-19-16(11-15)7-10-25-19/h1,3,5-6,8,11,18,21,24H,2,4,7,9-10,12-14H2. The number of nitrogens with zero attached hydrogens (tertiary/aromatic N) is 2. The first-order chi connectivity index (χ1) is 12.3. The number of pyridine rings is 1. The molecule has 5 nitrogen and oxygen atoms in total.